The van der Waals surface area contributed by atoms with Gasteiger partial charge in [-0.2, -0.15) is 0 Å². The molecule has 1 amide bonds. The molecule has 4 heteroatoms. The third-order valence-corrected chi connectivity index (χ3v) is 2.65. The second-order valence-corrected chi connectivity index (χ2v) is 6.58. The smallest absolute Gasteiger partial charge is 0.248 e. The lowest BCUT2D eigenvalue weighted by Crippen LogP contribution is -2.44. The Bertz CT molecular complexity index is 257. The molecule has 0 aliphatic carbocycles. The number of carbonyl (C=O) groups is 1. The summed E-state index contributed by atoms with van der Waals surface area (Å²) in [6.07, 6.45) is 0.946. The maximum atomic E-state index is 12.1. The fraction of sp³-hybridized carbons (Fsp3) is 0.929. The predicted octanol–water partition coefficient (Wildman–Crippen LogP) is 2.02. The third kappa shape index (κ3) is 7.67. The monoisotopic (exact) mass is 258 g/mol. The van der Waals surface area contributed by atoms with E-state index in [1.165, 1.54) is 0 Å². The number of amides is 1. The minimum absolute atomic E-state index is 0.0490. The van der Waals surface area contributed by atoms with Crippen molar-refractivity contribution in [3.63, 3.8) is 0 Å². The molecule has 0 heterocycles. The second kappa shape index (κ2) is 7.10. The van der Waals surface area contributed by atoms with Gasteiger partial charge >= 0.3 is 0 Å². The van der Waals surface area contributed by atoms with Crippen LogP contribution in [0.4, 0.5) is 0 Å². The van der Waals surface area contributed by atoms with Crippen molar-refractivity contribution in [2.45, 2.75) is 53.6 Å². The number of rotatable bonds is 7. The zero-order chi connectivity index (χ0) is 14.4. The van der Waals surface area contributed by atoms with Crippen LogP contribution in [0.1, 0.15) is 48.0 Å². The summed E-state index contributed by atoms with van der Waals surface area (Å²) in [4.78, 5) is 14.0. The highest BCUT2D eigenvalue weighted by molar-refractivity contribution is 5.77. The van der Waals surface area contributed by atoms with Crippen LogP contribution in [0.5, 0.6) is 0 Å². The molecule has 2 N–H and O–H groups in total. The highest BCUT2D eigenvalue weighted by Gasteiger charge is 2.24. The highest BCUT2D eigenvalue weighted by atomic mass is 16.5. The van der Waals surface area contributed by atoms with Crippen LogP contribution in [0, 0.1) is 5.41 Å². The molecule has 0 radical (unpaired) electrons. The maximum Gasteiger partial charge on any atom is 0.248 e. The molecular weight excluding hydrogens is 228 g/mol. The van der Waals surface area contributed by atoms with Crippen LogP contribution in [0.2, 0.25) is 0 Å². The largest absolute Gasteiger partial charge is 0.366 e. The number of nitrogens with two attached hydrogens (primary N) is 1. The Balaban J connectivity index is 4.45. The Hall–Kier alpha value is -0.610. The molecule has 0 atom stereocenters. The first kappa shape index (κ1) is 17.4. The Labute approximate surface area is 112 Å². The molecule has 18 heavy (non-hydrogen) atoms. The van der Waals surface area contributed by atoms with E-state index < -0.39 is 0 Å². The summed E-state index contributed by atoms with van der Waals surface area (Å²) in [6, 6.07) is 0. The molecule has 0 saturated carbocycles. The van der Waals surface area contributed by atoms with Crippen molar-refractivity contribution < 1.29 is 9.53 Å². The molecule has 0 saturated heterocycles. The summed E-state index contributed by atoms with van der Waals surface area (Å²) in [5.41, 5.74) is 5.40. The van der Waals surface area contributed by atoms with Crippen LogP contribution in [-0.2, 0) is 9.53 Å². The summed E-state index contributed by atoms with van der Waals surface area (Å²) < 4.78 is 5.54. The second-order valence-electron chi connectivity index (χ2n) is 6.58. The molecule has 0 aromatic heterocycles. The molecular formula is C14H30N2O2. The van der Waals surface area contributed by atoms with Gasteiger partial charge in [0.25, 0.3) is 0 Å². The summed E-state index contributed by atoms with van der Waals surface area (Å²) >= 11 is 0. The van der Waals surface area contributed by atoms with Crippen LogP contribution in [-0.4, -0.2) is 42.6 Å². The van der Waals surface area contributed by atoms with Gasteiger partial charge in [0.05, 0.1) is 5.60 Å². The Kier molecular flexibility index (Phi) is 6.86. The van der Waals surface area contributed by atoms with Gasteiger partial charge in [0, 0.05) is 13.1 Å². The quantitative estimate of drug-likeness (QED) is 0.760. The average molecular weight is 258 g/mol. The summed E-state index contributed by atoms with van der Waals surface area (Å²) in [5.74, 6) is 0.0494. The van der Waals surface area contributed by atoms with Crippen molar-refractivity contribution in [2.24, 2.45) is 11.1 Å². The van der Waals surface area contributed by atoms with Gasteiger partial charge in [-0.15, -0.1) is 0 Å². The number of nitrogens with zero attached hydrogens (tertiary/aromatic N) is 1. The van der Waals surface area contributed by atoms with E-state index in [0.29, 0.717) is 13.1 Å². The molecule has 4 nitrogen and oxygen atoms in total. The first-order valence-corrected chi connectivity index (χ1v) is 6.73. The molecule has 0 bridgehead atoms. The summed E-state index contributed by atoms with van der Waals surface area (Å²) in [7, 11) is 0. The van der Waals surface area contributed by atoms with Crippen LogP contribution >= 0.6 is 0 Å². The summed E-state index contributed by atoms with van der Waals surface area (Å²) in [6.45, 7) is 14.2. The van der Waals surface area contributed by atoms with Crippen LogP contribution in [0.25, 0.3) is 0 Å². The van der Waals surface area contributed by atoms with Crippen LogP contribution in [0.15, 0.2) is 0 Å². The number of carbonyl (C=O) groups excluding carboxylic acids is 1. The number of hydrogen-bond donors (Lipinski definition) is 1. The minimum Gasteiger partial charge on any atom is -0.366 e. The lowest BCUT2D eigenvalue weighted by atomic mass is 9.93. The van der Waals surface area contributed by atoms with Crippen molar-refractivity contribution in [3.8, 4) is 0 Å². The van der Waals surface area contributed by atoms with Gasteiger partial charge in [-0.3, -0.25) is 4.79 Å². The van der Waals surface area contributed by atoms with Crippen molar-refractivity contribution in [1.29, 1.82) is 0 Å². The Morgan fingerprint density at radius 3 is 2.17 bits per heavy atom. The fourth-order valence-electron chi connectivity index (χ4n) is 1.51. The summed E-state index contributed by atoms with van der Waals surface area (Å²) in [5, 5.41) is 0. The van der Waals surface area contributed by atoms with Gasteiger partial charge in [-0.05, 0) is 39.2 Å². The van der Waals surface area contributed by atoms with Gasteiger partial charge in [0.15, 0.2) is 0 Å². The van der Waals surface area contributed by atoms with E-state index in [2.05, 4.69) is 20.8 Å². The van der Waals surface area contributed by atoms with Gasteiger partial charge in [-0.25, -0.2) is 0 Å². The molecule has 0 fully saturated rings. The van der Waals surface area contributed by atoms with Gasteiger partial charge in [0.1, 0.15) is 6.61 Å². The Morgan fingerprint density at radius 2 is 1.78 bits per heavy atom. The van der Waals surface area contributed by atoms with Gasteiger partial charge in [-0.1, -0.05) is 20.8 Å². The highest BCUT2D eigenvalue weighted by Crippen LogP contribution is 2.16. The molecule has 0 rings (SSSR count). The van der Waals surface area contributed by atoms with Crippen LogP contribution in [0.3, 0.4) is 0 Å². The first-order valence-electron chi connectivity index (χ1n) is 6.73. The van der Waals surface area contributed by atoms with E-state index in [-0.39, 0.29) is 23.5 Å². The molecule has 0 spiro atoms. The SMILES string of the molecule is CCCN(CC(C)(C)CN)C(=O)COC(C)(C)C. The maximum absolute atomic E-state index is 12.1. The molecule has 0 aromatic carbocycles. The molecule has 108 valence electrons. The third-order valence-electron chi connectivity index (χ3n) is 2.65. The predicted molar refractivity (Wildman–Crippen MR) is 75.4 cm³/mol. The average Bonchev–Trinajstić information content (AvgIpc) is 2.24. The number of hydrogen-bond acceptors (Lipinski definition) is 3. The lowest BCUT2D eigenvalue weighted by molar-refractivity contribution is -0.142. The standard InChI is InChI=1S/C14H30N2O2/c1-7-8-16(11-14(5,6)10-15)12(17)9-18-13(2,3)4/h7-11,15H2,1-6H3. The zero-order valence-corrected chi connectivity index (χ0v) is 12.9. The molecule has 0 unspecified atom stereocenters. The molecule has 0 aliphatic rings. The lowest BCUT2D eigenvalue weighted by Gasteiger charge is -2.32. The molecule has 0 aliphatic heterocycles. The normalized spacial score (nSPS) is 12.6. The Morgan fingerprint density at radius 1 is 1.22 bits per heavy atom. The van der Waals surface area contributed by atoms with E-state index in [1.54, 1.807) is 0 Å². The van der Waals surface area contributed by atoms with Crippen LogP contribution < -0.4 is 5.73 Å². The van der Waals surface area contributed by atoms with E-state index >= 15 is 0 Å². The fourth-order valence-corrected chi connectivity index (χ4v) is 1.51. The van der Waals surface area contributed by atoms with E-state index in [1.807, 2.05) is 25.7 Å². The van der Waals surface area contributed by atoms with E-state index in [4.69, 9.17) is 10.5 Å². The first-order chi connectivity index (χ1) is 8.11. The van der Waals surface area contributed by atoms with Crippen molar-refractivity contribution >= 4 is 5.91 Å². The van der Waals surface area contributed by atoms with E-state index in [9.17, 15) is 4.79 Å². The zero-order valence-electron chi connectivity index (χ0n) is 12.9. The topological polar surface area (TPSA) is 55.6 Å². The van der Waals surface area contributed by atoms with E-state index in [0.717, 1.165) is 13.0 Å². The minimum atomic E-state index is -0.281. The van der Waals surface area contributed by atoms with Gasteiger partial charge < -0.3 is 15.4 Å². The van der Waals surface area contributed by atoms with Gasteiger partial charge in [0.2, 0.25) is 5.91 Å². The van der Waals surface area contributed by atoms with Crippen molar-refractivity contribution in [2.75, 3.05) is 26.2 Å². The van der Waals surface area contributed by atoms with Crippen molar-refractivity contribution in [1.82, 2.24) is 4.90 Å². The molecule has 0 aromatic rings. The number of ether oxygens (including phenoxy) is 1. The van der Waals surface area contributed by atoms with Crippen molar-refractivity contribution in [3.05, 3.63) is 0 Å².